The van der Waals surface area contributed by atoms with Gasteiger partial charge in [0.05, 0.1) is 12.0 Å². The molecule has 152 valence electrons. The van der Waals surface area contributed by atoms with Gasteiger partial charge in [-0.3, -0.25) is 14.9 Å². The van der Waals surface area contributed by atoms with Crippen LogP contribution in [0.5, 0.6) is 5.75 Å². The van der Waals surface area contributed by atoms with E-state index in [0.717, 1.165) is 42.6 Å². The lowest BCUT2D eigenvalue weighted by Crippen LogP contribution is -2.07. The summed E-state index contributed by atoms with van der Waals surface area (Å²) in [6.07, 6.45) is 9.43. The minimum absolute atomic E-state index is 0.0160. The lowest BCUT2D eigenvalue weighted by molar-refractivity contribution is -0.384. The van der Waals surface area contributed by atoms with E-state index in [-0.39, 0.29) is 11.6 Å². The first-order valence-corrected chi connectivity index (χ1v) is 9.60. The molecule has 6 nitrogen and oxygen atoms in total. The van der Waals surface area contributed by atoms with Crippen molar-refractivity contribution in [3.63, 3.8) is 0 Å². The van der Waals surface area contributed by atoms with Crippen LogP contribution in [-0.4, -0.2) is 17.9 Å². The molecule has 0 saturated heterocycles. The molecule has 0 aromatic heterocycles. The maximum atomic E-state index is 12.1. The average molecular weight is 394 g/mol. The van der Waals surface area contributed by atoms with E-state index in [1.54, 1.807) is 13.2 Å². The van der Waals surface area contributed by atoms with Crippen LogP contribution in [-0.2, 0) is 4.79 Å². The van der Waals surface area contributed by atoms with E-state index in [0.29, 0.717) is 5.69 Å². The molecule has 0 aliphatic heterocycles. The first-order chi connectivity index (χ1) is 14.0. The number of rotatable bonds is 10. The monoisotopic (exact) mass is 394 g/mol. The fraction of sp³-hybridized carbons (Fsp3) is 0.261. The van der Waals surface area contributed by atoms with Gasteiger partial charge < -0.3 is 10.1 Å². The molecule has 2 aromatic rings. The van der Waals surface area contributed by atoms with Crippen LogP contribution in [0.15, 0.2) is 66.8 Å². The maximum absolute atomic E-state index is 12.1. The van der Waals surface area contributed by atoms with Crippen molar-refractivity contribution in [1.29, 1.82) is 0 Å². The zero-order chi connectivity index (χ0) is 21.1. The number of non-ortho nitro benzene ring substituents is 1. The molecule has 0 fully saturated rings. The van der Waals surface area contributed by atoms with Crippen molar-refractivity contribution >= 4 is 22.9 Å². The van der Waals surface area contributed by atoms with Crippen LogP contribution in [0.2, 0.25) is 0 Å². The molecule has 0 heterocycles. The van der Waals surface area contributed by atoms with E-state index in [2.05, 4.69) is 12.2 Å². The smallest absolute Gasteiger partial charge is 0.269 e. The van der Waals surface area contributed by atoms with Crippen LogP contribution in [0.3, 0.4) is 0 Å². The Bertz CT molecular complexity index is 869. The molecule has 2 aromatic carbocycles. The molecule has 6 heteroatoms. The molecular formula is C23H26N2O4. The van der Waals surface area contributed by atoms with Crippen LogP contribution in [0.1, 0.15) is 38.2 Å². The molecule has 2 rings (SSSR count). The highest BCUT2D eigenvalue weighted by molar-refractivity contribution is 5.99. The predicted molar refractivity (Wildman–Crippen MR) is 116 cm³/mol. The Hall–Kier alpha value is -3.41. The minimum Gasteiger partial charge on any atom is -0.497 e. The van der Waals surface area contributed by atoms with Gasteiger partial charge in [-0.1, -0.05) is 44.1 Å². The largest absolute Gasteiger partial charge is 0.497 e. The van der Waals surface area contributed by atoms with Crippen molar-refractivity contribution in [1.82, 2.24) is 0 Å². The topological polar surface area (TPSA) is 81.5 Å². The predicted octanol–water partition coefficient (Wildman–Crippen LogP) is 5.76. The van der Waals surface area contributed by atoms with E-state index >= 15 is 0 Å². The molecule has 0 unspecified atom stereocenters. The Kier molecular flexibility index (Phi) is 8.63. The number of allylic oxidation sites excluding steroid dienone is 3. The van der Waals surface area contributed by atoms with Crippen LogP contribution in [0.25, 0.3) is 5.57 Å². The van der Waals surface area contributed by atoms with Crippen molar-refractivity contribution in [2.24, 2.45) is 0 Å². The van der Waals surface area contributed by atoms with Crippen molar-refractivity contribution in [3.8, 4) is 5.75 Å². The molecular weight excluding hydrogens is 368 g/mol. The summed E-state index contributed by atoms with van der Waals surface area (Å²) >= 11 is 0. The van der Waals surface area contributed by atoms with Crippen LogP contribution < -0.4 is 10.1 Å². The fourth-order valence-corrected chi connectivity index (χ4v) is 2.80. The lowest BCUT2D eigenvalue weighted by Gasteiger charge is -2.08. The van der Waals surface area contributed by atoms with E-state index in [1.807, 2.05) is 30.3 Å². The summed E-state index contributed by atoms with van der Waals surface area (Å²) in [4.78, 5) is 22.3. The number of carbonyl (C=O) groups is 1. The Balaban J connectivity index is 2.05. The zero-order valence-corrected chi connectivity index (χ0v) is 16.8. The zero-order valence-electron chi connectivity index (χ0n) is 16.8. The SMILES string of the molecule is CCCCCC(=CC=CC(=O)Nc1ccc([N+](=O)[O-])cc1)c1ccc(OC)cc1. The summed E-state index contributed by atoms with van der Waals surface area (Å²) in [5, 5.41) is 13.4. The summed E-state index contributed by atoms with van der Waals surface area (Å²) in [6, 6.07) is 13.6. The van der Waals surface area contributed by atoms with Gasteiger partial charge in [0.25, 0.3) is 5.69 Å². The van der Waals surface area contributed by atoms with E-state index in [1.165, 1.54) is 30.3 Å². The first kappa shape index (κ1) is 21.9. The summed E-state index contributed by atoms with van der Waals surface area (Å²) in [5.41, 5.74) is 2.74. The molecule has 0 radical (unpaired) electrons. The van der Waals surface area contributed by atoms with Crippen LogP contribution >= 0.6 is 0 Å². The number of hydrogen-bond donors (Lipinski definition) is 1. The number of carbonyl (C=O) groups excluding carboxylic acids is 1. The number of nitrogens with one attached hydrogen (secondary N) is 1. The summed E-state index contributed by atoms with van der Waals surface area (Å²) in [7, 11) is 1.64. The molecule has 1 amide bonds. The molecule has 0 spiro atoms. The molecule has 0 atom stereocenters. The Morgan fingerprint density at radius 1 is 1.10 bits per heavy atom. The van der Waals surface area contributed by atoms with E-state index in [9.17, 15) is 14.9 Å². The van der Waals surface area contributed by atoms with Gasteiger partial charge in [-0.05, 0) is 48.2 Å². The van der Waals surface area contributed by atoms with Crippen LogP contribution in [0, 0.1) is 10.1 Å². The Morgan fingerprint density at radius 3 is 2.38 bits per heavy atom. The van der Waals surface area contributed by atoms with Gasteiger partial charge in [0.1, 0.15) is 5.75 Å². The fourth-order valence-electron chi connectivity index (χ4n) is 2.80. The molecule has 1 N–H and O–H groups in total. The normalized spacial score (nSPS) is 11.4. The van der Waals surface area contributed by atoms with Crippen molar-refractivity contribution in [2.75, 3.05) is 12.4 Å². The maximum Gasteiger partial charge on any atom is 0.269 e. The van der Waals surface area contributed by atoms with Crippen molar-refractivity contribution < 1.29 is 14.5 Å². The highest BCUT2D eigenvalue weighted by atomic mass is 16.6. The number of ether oxygens (including phenoxy) is 1. The number of nitro groups is 1. The summed E-state index contributed by atoms with van der Waals surface area (Å²) < 4.78 is 5.21. The number of methoxy groups -OCH3 is 1. The Labute approximate surface area is 171 Å². The van der Waals surface area contributed by atoms with Gasteiger partial charge in [-0.15, -0.1) is 0 Å². The standard InChI is InChI=1S/C23H26N2O4/c1-3-4-5-7-18(19-10-16-22(29-2)17-11-19)8-6-9-23(26)24-20-12-14-21(15-13-20)25(27)28/h6,8-17H,3-5,7H2,1-2H3,(H,24,26). The number of nitro benzene ring substituents is 1. The minimum atomic E-state index is -0.477. The number of nitrogens with zero attached hydrogens (tertiary/aromatic N) is 1. The van der Waals surface area contributed by atoms with E-state index in [4.69, 9.17) is 4.74 Å². The van der Waals surface area contributed by atoms with E-state index < -0.39 is 4.92 Å². The summed E-state index contributed by atoms with van der Waals surface area (Å²) in [5.74, 6) is 0.511. The first-order valence-electron chi connectivity index (χ1n) is 9.60. The third-order valence-electron chi connectivity index (χ3n) is 4.40. The third kappa shape index (κ3) is 7.25. The van der Waals surface area contributed by atoms with Gasteiger partial charge in [-0.2, -0.15) is 0 Å². The summed E-state index contributed by atoms with van der Waals surface area (Å²) in [6.45, 7) is 2.17. The number of hydrogen-bond acceptors (Lipinski definition) is 4. The van der Waals surface area contributed by atoms with Gasteiger partial charge in [-0.25, -0.2) is 0 Å². The molecule has 29 heavy (non-hydrogen) atoms. The molecule has 0 aliphatic carbocycles. The number of amides is 1. The highest BCUT2D eigenvalue weighted by Crippen LogP contribution is 2.24. The van der Waals surface area contributed by atoms with Gasteiger partial charge in [0.15, 0.2) is 0 Å². The average Bonchev–Trinajstić information content (AvgIpc) is 2.73. The number of benzene rings is 2. The third-order valence-corrected chi connectivity index (χ3v) is 4.40. The second kappa shape index (κ2) is 11.4. The van der Waals surface area contributed by atoms with Gasteiger partial charge in [0, 0.05) is 23.9 Å². The second-order valence-electron chi connectivity index (χ2n) is 6.53. The highest BCUT2D eigenvalue weighted by Gasteiger charge is 2.05. The molecule has 0 aliphatic rings. The number of unbranched alkanes of at least 4 members (excludes halogenated alkanes) is 2. The van der Waals surface area contributed by atoms with Gasteiger partial charge >= 0.3 is 0 Å². The van der Waals surface area contributed by atoms with Crippen LogP contribution in [0.4, 0.5) is 11.4 Å². The van der Waals surface area contributed by atoms with Crippen molar-refractivity contribution in [2.45, 2.75) is 32.6 Å². The quantitative estimate of drug-likeness (QED) is 0.183. The van der Waals surface area contributed by atoms with Gasteiger partial charge in [0.2, 0.25) is 5.91 Å². The Morgan fingerprint density at radius 2 is 1.79 bits per heavy atom. The molecule has 0 saturated carbocycles. The number of anilines is 1. The lowest BCUT2D eigenvalue weighted by atomic mass is 9.99. The van der Waals surface area contributed by atoms with Crippen molar-refractivity contribution in [3.05, 3.63) is 82.4 Å². The second-order valence-corrected chi connectivity index (χ2v) is 6.53. The molecule has 0 bridgehead atoms.